The number of guanidine groups is 1. The van der Waals surface area contributed by atoms with Crippen molar-refractivity contribution < 1.29 is 12.9 Å². The second-order valence-electron chi connectivity index (χ2n) is 8.07. The molecule has 2 aromatic heterocycles. The lowest BCUT2D eigenvalue weighted by Crippen LogP contribution is -2.50. The van der Waals surface area contributed by atoms with Crippen molar-refractivity contribution in [2.75, 3.05) is 12.8 Å². The number of aliphatic imine (C=N–C) groups is 1. The van der Waals surface area contributed by atoms with Crippen molar-refractivity contribution in [2.45, 2.75) is 31.2 Å². The van der Waals surface area contributed by atoms with Crippen LogP contribution in [-0.2, 0) is 15.6 Å². The van der Waals surface area contributed by atoms with E-state index in [-0.39, 0.29) is 11.7 Å². The topological polar surface area (TPSA) is 115 Å². The molecule has 8 nitrogen and oxygen atoms in total. The first-order valence-electron chi connectivity index (χ1n) is 9.72. The predicted molar refractivity (Wildman–Crippen MR) is 121 cm³/mol. The molecular formula is C20H20ClN5O3S2. The van der Waals surface area contributed by atoms with Gasteiger partial charge in [-0.1, -0.05) is 35.0 Å². The first-order chi connectivity index (χ1) is 14.7. The fourth-order valence-electron chi connectivity index (χ4n) is 3.60. The summed E-state index contributed by atoms with van der Waals surface area (Å²) < 4.78 is 31.4. The van der Waals surface area contributed by atoms with Crippen LogP contribution in [-0.4, -0.2) is 41.6 Å². The highest BCUT2D eigenvalue weighted by Crippen LogP contribution is 2.44. The number of nitrogens with two attached hydrogens (primary N) is 1. The van der Waals surface area contributed by atoms with E-state index in [4.69, 9.17) is 21.9 Å². The monoisotopic (exact) mass is 477 g/mol. The van der Waals surface area contributed by atoms with E-state index in [2.05, 4.69) is 15.1 Å². The van der Waals surface area contributed by atoms with Gasteiger partial charge in [0.1, 0.15) is 5.54 Å². The lowest BCUT2D eigenvalue weighted by atomic mass is 10.0. The van der Waals surface area contributed by atoms with E-state index >= 15 is 0 Å². The van der Waals surface area contributed by atoms with E-state index in [1.54, 1.807) is 6.92 Å². The standard InChI is InChI=1S/C20H20ClN5O3S2/c1-20(10-31(27,28)26(2)19(22)24-20)16-14(21)9-15(30-16)12-4-3-5-13(8-12)17-23-18(29-25-17)11-6-7-11/h3-5,8-9,11H,6-7,10H2,1-2H3,(H2,22,24). The molecule has 1 aliphatic heterocycles. The number of halogens is 1. The van der Waals surface area contributed by atoms with Gasteiger partial charge in [0.15, 0.2) is 0 Å². The summed E-state index contributed by atoms with van der Waals surface area (Å²) in [6, 6.07) is 9.61. The zero-order chi connectivity index (χ0) is 22.0. The minimum absolute atomic E-state index is 0.0506. The summed E-state index contributed by atoms with van der Waals surface area (Å²) in [7, 11) is -2.19. The molecule has 2 N–H and O–H groups in total. The Morgan fingerprint density at radius 1 is 1.29 bits per heavy atom. The van der Waals surface area contributed by atoms with Crippen LogP contribution in [0.2, 0.25) is 5.02 Å². The van der Waals surface area contributed by atoms with Crippen molar-refractivity contribution in [3.8, 4) is 21.8 Å². The number of hydrogen-bond donors (Lipinski definition) is 1. The van der Waals surface area contributed by atoms with Crippen LogP contribution in [0.5, 0.6) is 0 Å². The third kappa shape index (κ3) is 3.62. The van der Waals surface area contributed by atoms with Crippen LogP contribution >= 0.6 is 22.9 Å². The third-order valence-electron chi connectivity index (χ3n) is 5.51. The molecule has 1 saturated carbocycles. The number of thiophene rings is 1. The van der Waals surface area contributed by atoms with Crippen molar-refractivity contribution in [2.24, 2.45) is 10.7 Å². The Balaban J connectivity index is 1.51. The molecule has 0 amide bonds. The van der Waals surface area contributed by atoms with Crippen molar-refractivity contribution in [1.82, 2.24) is 14.4 Å². The molecule has 1 aromatic carbocycles. The first-order valence-corrected chi connectivity index (χ1v) is 12.5. The second kappa shape index (κ2) is 7.04. The zero-order valence-corrected chi connectivity index (χ0v) is 19.3. The Bertz CT molecular complexity index is 1310. The minimum Gasteiger partial charge on any atom is -0.369 e. The molecule has 162 valence electrons. The fraction of sp³-hybridized carbons (Fsp3) is 0.350. The third-order valence-corrected chi connectivity index (χ3v) is 9.31. The lowest BCUT2D eigenvalue weighted by molar-refractivity contribution is 0.380. The molecule has 0 radical (unpaired) electrons. The number of benzene rings is 1. The van der Waals surface area contributed by atoms with Crippen LogP contribution < -0.4 is 5.73 Å². The number of hydrogen-bond acceptors (Lipinski definition) is 8. The Morgan fingerprint density at radius 2 is 2.03 bits per heavy atom. The summed E-state index contributed by atoms with van der Waals surface area (Å²) in [4.78, 5) is 10.5. The number of aromatic nitrogens is 2. The molecule has 3 aromatic rings. The smallest absolute Gasteiger partial charge is 0.239 e. The van der Waals surface area contributed by atoms with Gasteiger partial charge in [0, 0.05) is 23.4 Å². The van der Waals surface area contributed by atoms with Gasteiger partial charge in [0.05, 0.1) is 15.7 Å². The maximum Gasteiger partial charge on any atom is 0.239 e. The molecule has 0 saturated heterocycles. The van der Waals surface area contributed by atoms with Gasteiger partial charge in [-0.15, -0.1) is 11.3 Å². The molecule has 3 heterocycles. The molecule has 0 bridgehead atoms. The van der Waals surface area contributed by atoms with E-state index in [0.29, 0.717) is 27.5 Å². The van der Waals surface area contributed by atoms with E-state index < -0.39 is 15.6 Å². The highest BCUT2D eigenvalue weighted by atomic mass is 35.5. The average Bonchev–Trinajstić information content (AvgIpc) is 3.30. The SMILES string of the molecule is CN1C(N)=NC(C)(c2sc(-c3cccc(-c4noc(C5CC5)n4)c3)cc2Cl)CS1(=O)=O. The van der Waals surface area contributed by atoms with Gasteiger partial charge in [-0.2, -0.15) is 4.98 Å². The predicted octanol–water partition coefficient (Wildman–Crippen LogP) is 3.80. The van der Waals surface area contributed by atoms with Gasteiger partial charge in [-0.05, 0) is 37.5 Å². The summed E-state index contributed by atoms with van der Waals surface area (Å²) in [5.74, 6) is 1.38. The van der Waals surface area contributed by atoms with Crippen molar-refractivity contribution in [3.63, 3.8) is 0 Å². The summed E-state index contributed by atoms with van der Waals surface area (Å²) in [5.41, 5.74) is 6.59. The van der Waals surface area contributed by atoms with E-state index in [1.165, 1.54) is 18.4 Å². The van der Waals surface area contributed by atoms with Crippen LogP contribution in [0.3, 0.4) is 0 Å². The van der Waals surface area contributed by atoms with Gasteiger partial charge in [-0.25, -0.2) is 17.7 Å². The lowest BCUT2D eigenvalue weighted by Gasteiger charge is -2.33. The van der Waals surface area contributed by atoms with Crippen molar-refractivity contribution in [1.29, 1.82) is 0 Å². The van der Waals surface area contributed by atoms with Gasteiger partial charge in [-0.3, -0.25) is 0 Å². The van der Waals surface area contributed by atoms with E-state index in [1.807, 2.05) is 30.3 Å². The van der Waals surface area contributed by atoms with Gasteiger partial charge in [0.25, 0.3) is 0 Å². The first kappa shape index (κ1) is 20.5. The Morgan fingerprint density at radius 3 is 2.74 bits per heavy atom. The van der Waals surface area contributed by atoms with Crippen LogP contribution in [0.15, 0.2) is 39.8 Å². The van der Waals surface area contributed by atoms with Crippen LogP contribution in [0.25, 0.3) is 21.8 Å². The molecule has 5 rings (SSSR count). The average molecular weight is 478 g/mol. The molecule has 1 atom stereocenters. The van der Waals surface area contributed by atoms with Crippen LogP contribution in [0.1, 0.15) is 36.5 Å². The minimum atomic E-state index is -3.58. The zero-order valence-electron chi connectivity index (χ0n) is 16.9. The maximum absolute atomic E-state index is 12.5. The number of sulfonamides is 1. The summed E-state index contributed by atoms with van der Waals surface area (Å²) in [6.07, 6.45) is 2.19. The summed E-state index contributed by atoms with van der Waals surface area (Å²) in [6.45, 7) is 1.74. The van der Waals surface area contributed by atoms with Crippen LogP contribution in [0.4, 0.5) is 0 Å². The van der Waals surface area contributed by atoms with E-state index in [9.17, 15) is 8.42 Å². The second-order valence-corrected chi connectivity index (χ2v) is 11.5. The molecule has 1 fully saturated rings. The van der Waals surface area contributed by atoms with E-state index in [0.717, 1.165) is 33.2 Å². The Hall–Kier alpha value is -2.43. The molecule has 1 unspecified atom stereocenters. The number of rotatable bonds is 4. The van der Waals surface area contributed by atoms with Crippen molar-refractivity contribution >= 4 is 38.9 Å². The molecular weight excluding hydrogens is 458 g/mol. The highest BCUT2D eigenvalue weighted by molar-refractivity contribution is 7.89. The molecule has 2 aliphatic rings. The van der Waals surface area contributed by atoms with Gasteiger partial charge < -0.3 is 10.3 Å². The summed E-state index contributed by atoms with van der Waals surface area (Å²) in [5, 5.41) is 4.57. The Kier molecular flexibility index (Phi) is 4.65. The molecule has 11 heteroatoms. The summed E-state index contributed by atoms with van der Waals surface area (Å²) >= 11 is 7.95. The fourth-order valence-corrected chi connectivity index (χ4v) is 6.76. The normalized spacial score (nSPS) is 23.1. The molecule has 1 aliphatic carbocycles. The van der Waals surface area contributed by atoms with Crippen LogP contribution in [0, 0.1) is 0 Å². The largest absolute Gasteiger partial charge is 0.369 e. The molecule has 0 spiro atoms. The Labute approximate surface area is 188 Å². The maximum atomic E-state index is 12.5. The van der Waals surface area contributed by atoms with Gasteiger partial charge >= 0.3 is 0 Å². The molecule has 31 heavy (non-hydrogen) atoms. The highest BCUT2D eigenvalue weighted by Gasteiger charge is 2.42. The number of nitrogens with zero attached hydrogens (tertiary/aromatic N) is 4. The van der Waals surface area contributed by atoms with Crippen molar-refractivity contribution in [3.05, 3.63) is 46.1 Å². The van der Waals surface area contributed by atoms with Gasteiger partial charge in [0.2, 0.25) is 27.7 Å². The quantitative estimate of drug-likeness (QED) is 0.611.